The van der Waals surface area contributed by atoms with Crippen LogP contribution in [0.5, 0.6) is 0 Å². The molecule has 0 N–H and O–H groups in total. The maximum atomic E-state index is 12.6. The zero-order chi connectivity index (χ0) is 18.3. The summed E-state index contributed by atoms with van der Waals surface area (Å²) in [5.74, 6) is 0. The SMILES string of the molecule is CC(C)(C)OC(=O)n1cccc1-c1cccc2cc3ccccc3cc12. The number of carbonyl (C=O) groups excluding carboxylic acids is 1. The van der Waals surface area contributed by atoms with Crippen LogP contribution in [0.15, 0.2) is 72.9 Å². The lowest BCUT2D eigenvalue weighted by molar-refractivity contribution is 0.0540. The summed E-state index contributed by atoms with van der Waals surface area (Å²) in [4.78, 5) is 12.6. The molecule has 0 radical (unpaired) electrons. The molecular formula is C23H21NO2. The Balaban J connectivity index is 1.89. The zero-order valence-corrected chi connectivity index (χ0v) is 15.2. The molecular weight excluding hydrogens is 322 g/mol. The van der Waals surface area contributed by atoms with Crippen molar-refractivity contribution in [2.45, 2.75) is 26.4 Å². The minimum Gasteiger partial charge on any atom is -0.443 e. The zero-order valence-electron chi connectivity index (χ0n) is 15.2. The van der Waals surface area contributed by atoms with Crippen LogP contribution in [-0.4, -0.2) is 16.3 Å². The molecule has 1 aromatic heterocycles. The van der Waals surface area contributed by atoms with Crippen molar-refractivity contribution in [2.24, 2.45) is 0 Å². The molecule has 0 bridgehead atoms. The van der Waals surface area contributed by atoms with Gasteiger partial charge in [0.15, 0.2) is 0 Å². The van der Waals surface area contributed by atoms with Crippen molar-refractivity contribution in [3.63, 3.8) is 0 Å². The maximum absolute atomic E-state index is 12.6. The third-order valence-electron chi connectivity index (χ3n) is 4.36. The van der Waals surface area contributed by atoms with E-state index in [1.165, 1.54) is 10.8 Å². The van der Waals surface area contributed by atoms with Crippen LogP contribution in [0.2, 0.25) is 0 Å². The second-order valence-electron chi connectivity index (χ2n) is 7.47. The number of benzene rings is 3. The van der Waals surface area contributed by atoms with Gasteiger partial charge in [-0.25, -0.2) is 4.79 Å². The van der Waals surface area contributed by atoms with Crippen molar-refractivity contribution < 1.29 is 9.53 Å². The lowest BCUT2D eigenvalue weighted by Crippen LogP contribution is -2.27. The number of carbonyl (C=O) groups is 1. The fourth-order valence-corrected chi connectivity index (χ4v) is 3.26. The Kier molecular flexibility index (Phi) is 3.80. The third kappa shape index (κ3) is 2.97. The molecule has 3 aromatic carbocycles. The second-order valence-corrected chi connectivity index (χ2v) is 7.47. The largest absolute Gasteiger partial charge is 0.443 e. The molecule has 0 spiro atoms. The highest BCUT2D eigenvalue weighted by Gasteiger charge is 2.20. The van der Waals surface area contributed by atoms with Crippen LogP contribution in [0, 0.1) is 0 Å². The highest BCUT2D eigenvalue weighted by atomic mass is 16.6. The van der Waals surface area contributed by atoms with Crippen LogP contribution in [0.25, 0.3) is 32.8 Å². The average Bonchev–Trinajstić information content (AvgIpc) is 3.07. The Morgan fingerprint density at radius 3 is 2.27 bits per heavy atom. The van der Waals surface area contributed by atoms with Crippen LogP contribution in [0.4, 0.5) is 4.79 Å². The van der Waals surface area contributed by atoms with Crippen LogP contribution >= 0.6 is 0 Å². The molecule has 4 aromatic rings. The molecule has 0 saturated carbocycles. The van der Waals surface area contributed by atoms with Gasteiger partial charge in [-0.2, -0.15) is 0 Å². The van der Waals surface area contributed by atoms with E-state index in [0.717, 1.165) is 22.0 Å². The van der Waals surface area contributed by atoms with E-state index in [1.807, 2.05) is 57.2 Å². The minimum absolute atomic E-state index is 0.365. The highest BCUT2D eigenvalue weighted by molar-refractivity contribution is 6.05. The molecule has 1 heterocycles. The number of fused-ring (bicyclic) bond motifs is 2. The molecule has 0 aliphatic heterocycles. The summed E-state index contributed by atoms with van der Waals surface area (Å²) in [6.45, 7) is 5.62. The van der Waals surface area contributed by atoms with Gasteiger partial charge in [-0.15, -0.1) is 0 Å². The standard InChI is InChI=1S/C23H21NO2/c1-23(2,3)26-22(25)24-13-7-12-21(24)19-11-6-10-18-14-16-8-4-5-9-17(16)15-20(18)19/h4-15H,1-3H3. The Morgan fingerprint density at radius 2 is 1.54 bits per heavy atom. The lowest BCUT2D eigenvalue weighted by Gasteiger charge is -2.20. The van der Waals surface area contributed by atoms with Gasteiger partial charge in [0.25, 0.3) is 0 Å². The van der Waals surface area contributed by atoms with E-state index < -0.39 is 5.60 Å². The van der Waals surface area contributed by atoms with Gasteiger partial charge in [0.05, 0.1) is 5.69 Å². The number of hydrogen-bond acceptors (Lipinski definition) is 2. The Bertz CT molecular complexity index is 1120. The molecule has 0 unspecified atom stereocenters. The number of rotatable bonds is 1. The van der Waals surface area contributed by atoms with Crippen molar-refractivity contribution in [3.8, 4) is 11.3 Å². The number of aromatic nitrogens is 1. The first-order valence-corrected chi connectivity index (χ1v) is 8.75. The molecule has 26 heavy (non-hydrogen) atoms. The molecule has 3 heteroatoms. The van der Waals surface area contributed by atoms with E-state index in [2.05, 4.69) is 30.3 Å². The van der Waals surface area contributed by atoms with E-state index in [9.17, 15) is 4.79 Å². The summed E-state index contributed by atoms with van der Waals surface area (Å²) >= 11 is 0. The van der Waals surface area contributed by atoms with Crippen molar-refractivity contribution in [2.75, 3.05) is 0 Å². The summed E-state index contributed by atoms with van der Waals surface area (Å²) in [7, 11) is 0. The van der Waals surface area contributed by atoms with Gasteiger partial charge < -0.3 is 4.74 Å². The molecule has 4 rings (SSSR count). The summed E-state index contributed by atoms with van der Waals surface area (Å²) in [5, 5.41) is 4.66. The molecule has 0 saturated heterocycles. The normalized spacial score (nSPS) is 11.8. The van der Waals surface area contributed by atoms with Crippen molar-refractivity contribution >= 4 is 27.6 Å². The third-order valence-corrected chi connectivity index (χ3v) is 4.36. The van der Waals surface area contributed by atoms with E-state index in [0.29, 0.717) is 0 Å². The molecule has 0 aliphatic rings. The summed E-state index contributed by atoms with van der Waals surface area (Å²) in [5.41, 5.74) is 1.32. The van der Waals surface area contributed by atoms with Crippen molar-refractivity contribution in [1.29, 1.82) is 0 Å². The first-order valence-electron chi connectivity index (χ1n) is 8.75. The van der Waals surface area contributed by atoms with Gasteiger partial charge in [-0.05, 0) is 66.6 Å². The number of nitrogens with zero attached hydrogens (tertiary/aromatic N) is 1. The monoisotopic (exact) mass is 343 g/mol. The van der Waals surface area contributed by atoms with Gasteiger partial charge >= 0.3 is 6.09 Å². The van der Waals surface area contributed by atoms with Crippen LogP contribution in [0.1, 0.15) is 20.8 Å². The Hall–Kier alpha value is -3.07. The molecule has 0 aliphatic carbocycles. The quantitative estimate of drug-likeness (QED) is 0.383. The van der Waals surface area contributed by atoms with E-state index in [-0.39, 0.29) is 6.09 Å². The Morgan fingerprint density at radius 1 is 0.846 bits per heavy atom. The first-order chi connectivity index (χ1) is 12.4. The molecule has 0 fully saturated rings. The highest BCUT2D eigenvalue weighted by Crippen LogP contribution is 2.32. The van der Waals surface area contributed by atoms with Gasteiger partial charge in [0.1, 0.15) is 5.60 Å². The van der Waals surface area contributed by atoms with Crippen LogP contribution in [-0.2, 0) is 4.74 Å². The fourth-order valence-electron chi connectivity index (χ4n) is 3.26. The van der Waals surface area contributed by atoms with E-state index in [4.69, 9.17) is 4.74 Å². The summed E-state index contributed by atoms with van der Waals surface area (Å²) in [6.07, 6.45) is 1.39. The smallest absolute Gasteiger partial charge is 0.418 e. The van der Waals surface area contributed by atoms with Gasteiger partial charge in [-0.1, -0.05) is 42.5 Å². The van der Waals surface area contributed by atoms with Gasteiger partial charge in [0, 0.05) is 11.8 Å². The van der Waals surface area contributed by atoms with Crippen LogP contribution in [0.3, 0.4) is 0 Å². The molecule has 3 nitrogen and oxygen atoms in total. The van der Waals surface area contributed by atoms with Gasteiger partial charge in [-0.3, -0.25) is 4.57 Å². The van der Waals surface area contributed by atoms with Crippen molar-refractivity contribution in [3.05, 3.63) is 72.9 Å². The fraction of sp³-hybridized carbons (Fsp3) is 0.174. The molecule has 0 atom stereocenters. The number of hydrogen-bond donors (Lipinski definition) is 0. The second kappa shape index (κ2) is 6.03. The van der Waals surface area contributed by atoms with E-state index >= 15 is 0 Å². The Labute approximate surface area is 152 Å². The predicted molar refractivity (Wildman–Crippen MR) is 107 cm³/mol. The van der Waals surface area contributed by atoms with Crippen LogP contribution < -0.4 is 0 Å². The lowest BCUT2D eigenvalue weighted by atomic mass is 9.98. The predicted octanol–water partition coefficient (Wildman–Crippen LogP) is 6.24. The summed E-state index contributed by atoms with van der Waals surface area (Å²) in [6, 6.07) is 22.7. The molecule has 0 amide bonds. The van der Waals surface area contributed by atoms with E-state index in [1.54, 1.807) is 10.8 Å². The average molecular weight is 343 g/mol. The maximum Gasteiger partial charge on any atom is 0.418 e. The first kappa shape index (κ1) is 16.4. The topological polar surface area (TPSA) is 31.2 Å². The van der Waals surface area contributed by atoms with Crippen molar-refractivity contribution in [1.82, 2.24) is 4.57 Å². The number of ether oxygens (including phenoxy) is 1. The minimum atomic E-state index is -0.534. The van der Waals surface area contributed by atoms with Gasteiger partial charge in [0.2, 0.25) is 0 Å². The molecule has 130 valence electrons. The summed E-state index contributed by atoms with van der Waals surface area (Å²) < 4.78 is 7.13.